The van der Waals surface area contributed by atoms with Crippen LogP contribution in [-0.4, -0.2) is 16.8 Å². The van der Waals surface area contributed by atoms with E-state index in [9.17, 15) is 5.26 Å². The Bertz CT molecular complexity index is 481. The topological polar surface area (TPSA) is 35.8 Å². The first-order valence-corrected chi connectivity index (χ1v) is 7.88. The molecule has 1 aromatic carbocycles. The van der Waals surface area contributed by atoms with Gasteiger partial charge in [0, 0.05) is 16.2 Å². The standard InChI is InChI=1S/C15H19ClN2S/c1-11(19-14-6-4-3-5-13(14)16)9-15(2,10-17)18-12-7-8-12/h3-6,11-12,18H,7-9H2,1-2H3. The van der Waals surface area contributed by atoms with Gasteiger partial charge in [0.05, 0.1) is 11.1 Å². The highest BCUT2D eigenvalue weighted by Crippen LogP contribution is 2.34. The number of hydrogen-bond donors (Lipinski definition) is 1. The zero-order valence-electron chi connectivity index (χ0n) is 11.3. The molecular formula is C15H19ClN2S. The number of hydrogen-bond acceptors (Lipinski definition) is 3. The van der Waals surface area contributed by atoms with Gasteiger partial charge in [-0.15, -0.1) is 11.8 Å². The third-order valence-electron chi connectivity index (χ3n) is 3.21. The van der Waals surface area contributed by atoms with Crippen LogP contribution in [-0.2, 0) is 0 Å². The first kappa shape index (κ1) is 14.7. The number of thioether (sulfide) groups is 1. The Kier molecular flexibility index (Phi) is 4.78. The normalized spacial score (nSPS) is 19.5. The van der Waals surface area contributed by atoms with Crippen molar-refractivity contribution in [3.05, 3.63) is 29.3 Å². The van der Waals surface area contributed by atoms with E-state index in [1.54, 1.807) is 11.8 Å². The summed E-state index contributed by atoms with van der Waals surface area (Å²) in [4.78, 5) is 1.09. The second-order valence-electron chi connectivity index (χ2n) is 5.43. The summed E-state index contributed by atoms with van der Waals surface area (Å²) in [6, 6.07) is 10.8. The van der Waals surface area contributed by atoms with E-state index in [1.807, 2.05) is 31.2 Å². The minimum atomic E-state index is -0.436. The van der Waals surface area contributed by atoms with Gasteiger partial charge >= 0.3 is 0 Å². The van der Waals surface area contributed by atoms with Crippen molar-refractivity contribution in [2.45, 2.75) is 54.8 Å². The van der Waals surface area contributed by atoms with E-state index >= 15 is 0 Å². The molecule has 1 aliphatic rings. The van der Waals surface area contributed by atoms with E-state index in [4.69, 9.17) is 11.6 Å². The molecule has 1 aromatic rings. The summed E-state index contributed by atoms with van der Waals surface area (Å²) in [5.41, 5.74) is -0.436. The SMILES string of the molecule is CC(CC(C)(C#N)NC1CC1)Sc1ccccc1Cl. The highest BCUT2D eigenvalue weighted by molar-refractivity contribution is 8.00. The van der Waals surface area contributed by atoms with E-state index in [2.05, 4.69) is 18.3 Å². The monoisotopic (exact) mass is 294 g/mol. The fourth-order valence-electron chi connectivity index (χ4n) is 2.19. The summed E-state index contributed by atoms with van der Waals surface area (Å²) in [5, 5.41) is 14.0. The van der Waals surface area contributed by atoms with E-state index < -0.39 is 5.54 Å². The molecule has 4 heteroatoms. The van der Waals surface area contributed by atoms with Crippen LogP contribution in [0.1, 0.15) is 33.1 Å². The van der Waals surface area contributed by atoms with Crippen LogP contribution in [0.4, 0.5) is 0 Å². The molecule has 0 aromatic heterocycles. The number of benzene rings is 1. The summed E-state index contributed by atoms with van der Waals surface area (Å²) in [5.74, 6) is 0. The summed E-state index contributed by atoms with van der Waals surface area (Å²) in [7, 11) is 0. The van der Waals surface area contributed by atoms with Gasteiger partial charge < -0.3 is 0 Å². The van der Waals surface area contributed by atoms with Gasteiger partial charge in [-0.05, 0) is 38.3 Å². The molecule has 19 heavy (non-hydrogen) atoms. The number of nitrogens with one attached hydrogen (secondary N) is 1. The van der Waals surface area contributed by atoms with Gasteiger partial charge in [0.25, 0.3) is 0 Å². The average Bonchev–Trinajstić information content (AvgIpc) is 3.15. The van der Waals surface area contributed by atoms with Crippen molar-refractivity contribution in [1.82, 2.24) is 5.32 Å². The number of rotatable bonds is 6. The molecule has 0 bridgehead atoms. The van der Waals surface area contributed by atoms with Crippen molar-refractivity contribution in [3.8, 4) is 6.07 Å². The average molecular weight is 295 g/mol. The Labute approximate surface area is 124 Å². The van der Waals surface area contributed by atoms with Crippen LogP contribution in [0.5, 0.6) is 0 Å². The van der Waals surface area contributed by atoms with Gasteiger partial charge in [-0.25, -0.2) is 0 Å². The van der Waals surface area contributed by atoms with Crippen LogP contribution < -0.4 is 5.32 Å². The second kappa shape index (κ2) is 6.17. The Hall–Kier alpha value is -0.690. The van der Waals surface area contributed by atoms with E-state index in [1.165, 1.54) is 12.8 Å². The zero-order valence-corrected chi connectivity index (χ0v) is 12.9. The number of halogens is 1. The molecule has 102 valence electrons. The molecule has 2 atom stereocenters. The van der Waals surface area contributed by atoms with Gasteiger partial charge in [0.1, 0.15) is 5.54 Å². The molecular weight excluding hydrogens is 276 g/mol. The highest BCUT2D eigenvalue weighted by Gasteiger charge is 2.33. The summed E-state index contributed by atoms with van der Waals surface area (Å²) in [6.45, 7) is 4.15. The summed E-state index contributed by atoms with van der Waals surface area (Å²) < 4.78 is 0. The smallest absolute Gasteiger partial charge is 0.105 e. The van der Waals surface area contributed by atoms with Gasteiger partial charge in [-0.2, -0.15) is 5.26 Å². The Morgan fingerprint density at radius 2 is 2.21 bits per heavy atom. The molecule has 1 aliphatic carbocycles. The fraction of sp³-hybridized carbons (Fsp3) is 0.533. The maximum Gasteiger partial charge on any atom is 0.105 e. The third kappa shape index (κ3) is 4.42. The molecule has 1 saturated carbocycles. The van der Waals surface area contributed by atoms with Gasteiger partial charge in [0.2, 0.25) is 0 Å². The molecule has 1 N–H and O–H groups in total. The molecule has 2 nitrogen and oxygen atoms in total. The van der Waals surface area contributed by atoms with Crippen LogP contribution in [0.15, 0.2) is 29.2 Å². The summed E-state index contributed by atoms with van der Waals surface area (Å²) in [6.07, 6.45) is 3.21. The second-order valence-corrected chi connectivity index (χ2v) is 7.31. The molecule has 0 spiro atoms. The lowest BCUT2D eigenvalue weighted by Gasteiger charge is -2.26. The molecule has 0 saturated heterocycles. The Balaban J connectivity index is 1.94. The van der Waals surface area contributed by atoms with Crippen LogP contribution in [0.25, 0.3) is 0 Å². The van der Waals surface area contributed by atoms with Crippen LogP contribution in [0, 0.1) is 11.3 Å². The zero-order chi connectivity index (χ0) is 13.9. The van der Waals surface area contributed by atoms with Crippen molar-refractivity contribution in [1.29, 1.82) is 5.26 Å². The lowest BCUT2D eigenvalue weighted by atomic mass is 9.98. The lowest BCUT2D eigenvalue weighted by molar-refractivity contribution is 0.415. The first-order chi connectivity index (χ1) is 9.02. The molecule has 2 unspecified atom stereocenters. The lowest BCUT2D eigenvalue weighted by Crippen LogP contribution is -2.44. The van der Waals surface area contributed by atoms with Crippen molar-refractivity contribution in [2.75, 3.05) is 0 Å². The third-order valence-corrected chi connectivity index (χ3v) is 4.83. The van der Waals surface area contributed by atoms with Crippen molar-refractivity contribution in [3.63, 3.8) is 0 Å². The van der Waals surface area contributed by atoms with Crippen LogP contribution in [0.3, 0.4) is 0 Å². The maximum atomic E-state index is 9.38. The Morgan fingerprint density at radius 3 is 2.79 bits per heavy atom. The minimum Gasteiger partial charge on any atom is -0.297 e. The molecule has 0 heterocycles. The van der Waals surface area contributed by atoms with Gasteiger partial charge in [-0.3, -0.25) is 5.32 Å². The quantitative estimate of drug-likeness (QED) is 0.797. The van der Waals surface area contributed by atoms with E-state index in [0.717, 1.165) is 16.3 Å². The van der Waals surface area contributed by atoms with E-state index in [-0.39, 0.29) is 0 Å². The number of nitrogens with zero attached hydrogens (tertiary/aromatic N) is 1. The molecule has 1 fully saturated rings. The summed E-state index contributed by atoms with van der Waals surface area (Å²) >= 11 is 7.90. The molecule has 0 amide bonds. The predicted octanol–water partition coefficient (Wildman–Crippen LogP) is 4.24. The van der Waals surface area contributed by atoms with Crippen molar-refractivity contribution in [2.24, 2.45) is 0 Å². The van der Waals surface area contributed by atoms with Crippen LogP contribution in [0.2, 0.25) is 5.02 Å². The Morgan fingerprint density at radius 1 is 1.53 bits per heavy atom. The van der Waals surface area contributed by atoms with Crippen molar-refractivity contribution >= 4 is 23.4 Å². The van der Waals surface area contributed by atoms with Crippen LogP contribution >= 0.6 is 23.4 Å². The predicted molar refractivity (Wildman–Crippen MR) is 81.6 cm³/mol. The first-order valence-electron chi connectivity index (χ1n) is 6.62. The van der Waals surface area contributed by atoms with Gasteiger partial charge in [-0.1, -0.05) is 30.7 Å². The molecule has 2 rings (SSSR count). The fourth-order valence-corrected chi connectivity index (χ4v) is 3.65. The molecule has 0 radical (unpaired) electrons. The van der Waals surface area contributed by atoms with E-state index in [0.29, 0.717) is 11.3 Å². The minimum absolute atomic E-state index is 0.343. The molecule has 0 aliphatic heterocycles. The largest absolute Gasteiger partial charge is 0.297 e. The number of nitriles is 1. The maximum absolute atomic E-state index is 9.38. The van der Waals surface area contributed by atoms with Crippen molar-refractivity contribution < 1.29 is 0 Å². The van der Waals surface area contributed by atoms with Gasteiger partial charge in [0.15, 0.2) is 0 Å². The highest BCUT2D eigenvalue weighted by atomic mass is 35.5.